The third kappa shape index (κ3) is 5.26. The van der Waals surface area contributed by atoms with Gasteiger partial charge in [0.25, 0.3) is 0 Å². The molecule has 0 spiro atoms. The molecule has 0 fully saturated rings. The van der Waals surface area contributed by atoms with Crippen molar-refractivity contribution in [1.29, 1.82) is 0 Å². The Morgan fingerprint density at radius 3 is 2.63 bits per heavy atom. The van der Waals surface area contributed by atoms with E-state index in [-0.39, 0.29) is 11.7 Å². The summed E-state index contributed by atoms with van der Waals surface area (Å²) >= 11 is 0. The SMILES string of the molecule is CCC[C@@H](N)C(=O)N(C)CCOc1ccc(F)cc1. The summed E-state index contributed by atoms with van der Waals surface area (Å²) in [4.78, 5) is 13.4. The molecule has 0 saturated carbocycles. The predicted octanol–water partition coefficient (Wildman–Crippen LogP) is 1.79. The molecule has 106 valence electrons. The van der Waals surface area contributed by atoms with E-state index in [1.807, 2.05) is 6.92 Å². The highest BCUT2D eigenvalue weighted by Crippen LogP contribution is 2.10. The second-order valence-corrected chi connectivity index (χ2v) is 4.46. The molecule has 0 heterocycles. The van der Waals surface area contributed by atoms with Crippen LogP contribution in [0.15, 0.2) is 24.3 Å². The molecule has 0 unspecified atom stereocenters. The number of nitrogens with zero attached hydrogens (tertiary/aromatic N) is 1. The van der Waals surface area contributed by atoms with Crippen molar-refractivity contribution >= 4 is 5.91 Å². The van der Waals surface area contributed by atoms with Crippen LogP contribution in [0.4, 0.5) is 4.39 Å². The van der Waals surface area contributed by atoms with Gasteiger partial charge in [0, 0.05) is 7.05 Å². The molecule has 19 heavy (non-hydrogen) atoms. The molecule has 0 saturated heterocycles. The zero-order chi connectivity index (χ0) is 14.3. The molecule has 5 heteroatoms. The first-order valence-electron chi connectivity index (χ1n) is 6.43. The molecule has 1 aromatic carbocycles. The van der Waals surface area contributed by atoms with Crippen molar-refractivity contribution in [3.63, 3.8) is 0 Å². The molecular formula is C14H21FN2O2. The number of ether oxygens (including phenoxy) is 1. The highest BCUT2D eigenvalue weighted by molar-refractivity contribution is 5.81. The highest BCUT2D eigenvalue weighted by atomic mass is 19.1. The summed E-state index contributed by atoms with van der Waals surface area (Å²) in [7, 11) is 1.70. The van der Waals surface area contributed by atoms with Crippen LogP contribution in [0.1, 0.15) is 19.8 Å². The fourth-order valence-corrected chi connectivity index (χ4v) is 1.66. The van der Waals surface area contributed by atoms with E-state index in [0.29, 0.717) is 25.3 Å². The van der Waals surface area contributed by atoms with Gasteiger partial charge >= 0.3 is 0 Å². The van der Waals surface area contributed by atoms with Gasteiger partial charge in [-0.3, -0.25) is 4.79 Å². The fraction of sp³-hybridized carbons (Fsp3) is 0.500. The Hall–Kier alpha value is -1.62. The van der Waals surface area contributed by atoms with Crippen LogP contribution < -0.4 is 10.5 Å². The summed E-state index contributed by atoms with van der Waals surface area (Å²) < 4.78 is 18.1. The van der Waals surface area contributed by atoms with Crippen LogP contribution in [-0.2, 0) is 4.79 Å². The molecule has 0 aromatic heterocycles. The van der Waals surface area contributed by atoms with Crippen molar-refractivity contribution < 1.29 is 13.9 Å². The van der Waals surface area contributed by atoms with E-state index in [0.717, 1.165) is 6.42 Å². The number of amides is 1. The lowest BCUT2D eigenvalue weighted by Gasteiger charge is -2.21. The average Bonchev–Trinajstić information content (AvgIpc) is 2.40. The molecule has 0 aliphatic carbocycles. The Labute approximate surface area is 113 Å². The number of hydrogen-bond donors (Lipinski definition) is 1. The van der Waals surface area contributed by atoms with Crippen molar-refractivity contribution in [2.24, 2.45) is 5.73 Å². The zero-order valence-corrected chi connectivity index (χ0v) is 11.4. The van der Waals surface area contributed by atoms with E-state index < -0.39 is 6.04 Å². The lowest BCUT2D eigenvalue weighted by molar-refractivity contribution is -0.131. The van der Waals surface area contributed by atoms with Crippen molar-refractivity contribution in [1.82, 2.24) is 4.90 Å². The Bertz CT molecular complexity index is 395. The zero-order valence-electron chi connectivity index (χ0n) is 11.4. The second-order valence-electron chi connectivity index (χ2n) is 4.46. The van der Waals surface area contributed by atoms with Crippen LogP contribution in [0, 0.1) is 5.82 Å². The standard InChI is InChI=1S/C14H21FN2O2/c1-3-4-13(16)14(18)17(2)9-10-19-12-7-5-11(15)6-8-12/h5-8,13H,3-4,9-10,16H2,1-2H3/t13-/m1/s1. The summed E-state index contributed by atoms with van der Waals surface area (Å²) in [6, 6.07) is 5.34. The molecule has 1 amide bonds. The number of rotatable bonds is 7. The van der Waals surface area contributed by atoms with E-state index in [1.165, 1.54) is 12.1 Å². The summed E-state index contributed by atoms with van der Waals surface area (Å²) in [5, 5.41) is 0. The van der Waals surface area contributed by atoms with Crippen molar-refractivity contribution in [2.45, 2.75) is 25.8 Å². The van der Waals surface area contributed by atoms with Gasteiger partial charge in [-0.05, 0) is 30.7 Å². The van der Waals surface area contributed by atoms with Crippen LogP contribution >= 0.6 is 0 Å². The maximum Gasteiger partial charge on any atom is 0.239 e. The fourth-order valence-electron chi connectivity index (χ4n) is 1.66. The van der Waals surface area contributed by atoms with E-state index in [4.69, 9.17) is 10.5 Å². The number of nitrogens with two attached hydrogens (primary N) is 1. The lowest BCUT2D eigenvalue weighted by atomic mass is 10.1. The number of hydrogen-bond acceptors (Lipinski definition) is 3. The second kappa shape index (κ2) is 7.74. The van der Waals surface area contributed by atoms with Crippen LogP contribution in [0.25, 0.3) is 0 Å². The highest BCUT2D eigenvalue weighted by Gasteiger charge is 2.16. The van der Waals surface area contributed by atoms with Gasteiger partial charge in [-0.25, -0.2) is 4.39 Å². The number of carbonyl (C=O) groups is 1. The van der Waals surface area contributed by atoms with Crippen LogP contribution in [0.2, 0.25) is 0 Å². The quantitative estimate of drug-likeness (QED) is 0.820. The minimum atomic E-state index is -0.444. The third-order valence-electron chi connectivity index (χ3n) is 2.80. The van der Waals surface area contributed by atoms with Crippen LogP contribution in [0.3, 0.4) is 0 Å². The Morgan fingerprint density at radius 2 is 2.05 bits per heavy atom. The molecule has 1 rings (SSSR count). The summed E-state index contributed by atoms with van der Waals surface area (Å²) in [5.41, 5.74) is 5.75. The normalized spacial score (nSPS) is 12.0. The summed E-state index contributed by atoms with van der Waals surface area (Å²) in [6.07, 6.45) is 1.56. The number of halogens is 1. The molecule has 1 atom stereocenters. The molecular weight excluding hydrogens is 247 g/mol. The van der Waals surface area contributed by atoms with Gasteiger partial charge in [0.15, 0.2) is 0 Å². The minimum absolute atomic E-state index is 0.0791. The van der Waals surface area contributed by atoms with Gasteiger partial charge in [-0.2, -0.15) is 0 Å². The average molecular weight is 268 g/mol. The van der Waals surface area contributed by atoms with E-state index >= 15 is 0 Å². The molecule has 0 bridgehead atoms. The Kier molecular flexibility index (Phi) is 6.29. The summed E-state index contributed by atoms with van der Waals surface area (Å²) in [6.45, 7) is 2.80. The monoisotopic (exact) mass is 268 g/mol. The maximum atomic E-state index is 12.7. The van der Waals surface area contributed by atoms with Crippen LogP contribution in [0.5, 0.6) is 5.75 Å². The molecule has 0 aliphatic rings. The lowest BCUT2D eigenvalue weighted by Crippen LogP contribution is -2.43. The number of benzene rings is 1. The van der Waals surface area contributed by atoms with E-state index in [9.17, 15) is 9.18 Å². The van der Waals surface area contributed by atoms with Crippen LogP contribution in [-0.4, -0.2) is 37.0 Å². The maximum absolute atomic E-state index is 12.7. The van der Waals surface area contributed by atoms with Crippen molar-refractivity contribution in [2.75, 3.05) is 20.2 Å². The van der Waals surface area contributed by atoms with Crippen molar-refractivity contribution in [3.05, 3.63) is 30.1 Å². The number of likely N-dealkylation sites (N-methyl/N-ethyl adjacent to an activating group) is 1. The largest absolute Gasteiger partial charge is 0.492 e. The predicted molar refractivity (Wildman–Crippen MR) is 72.4 cm³/mol. The van der Waals surface area contributed by atoms with E-state index in [1.54, 1.807) is 24.1 Å². The van der Waals surface area contributed by atoms with Gasteiger partial charge in [-0.1, -0.05) is 13.3 Å². The first-order valence-corrected chi connectivity index (χ1v) is 6.43. The van der Waals surface area contributed by atoms with Gasteiger partial charge in [0.2, 0.25) is 5.91 Å². The molecule has 4 nitrogen and oxygen atoms in total. The van der Waals surface area contributed by atoms with Gasteiger partial charge in [0.05, 0.1) is 12.6 Å². The summed E-state index contributed by atoms with van der Waals surface area (Å²) in [5.74, 6) is 0.204. The topological polar surface area (TPSA) is 55.6 Å². The third-order valence-corrected chi connectivity index (χ3v) is 2.80. The van der Waals surface area contributed by atoms with Gasteiger partial charge in [-0.15, -0.1) is 0 Å². The van der Waals surface area contributed by atoms with E-state index in [2.05, 4.69) is 0 Å². The van der Waals surface area contributed by atoms with Crippen molar-refractivity contribution in [3.8, 4) is 5.75 Å². The Balaban J connectivity index is 2.32. The van der Waals surface area contributed by atoms with Gasteiger partial charge < -0.3 is 15.4 Å². The Morgan fingerprint density at radius 1 is 1.42 bits per heavy atom. The first kappa shape index (κ1) is 15.4. The first-order chi connectivity index (χ1) is 9.04. The smallest absolute Gasteiger partial charge is 0.239 e. The molecule has 0 radical (unpaired) electrons. The number of carbonyl (C=O) groups excluding carboxylic acids is 1. The molecule has 1 aromatic rings. The minimum Gasteiger partial charge on any atom is -0.492 e. The van der Waals surface area contributed by atoms with Gasteiger partial charge in [0.1, 0.15) is 18.2 Å². The molecule has 0 aliphatic heterocycles. The molecule has 2 N–H and O–H groups in total.